The number of benzene rings is 1. The molecule has 0 radical (unpaired) electrons. The summed E-state index contributed by atoms with van der Waals surface area (Å²) in [5.74, 6) is 1.56. The molecule has 8 nitrogen and oxygen atoms in total. The monoisotopic (exact) mass is 421 g/mol. The third-order valence-electron chi connectivity index (χ3n) is 5.16. The molecule has 0 atom stereocenters. The fraction of sp³-hybridized carbons (Fsp3) is 0.261. The number of ether oxygens (including phenoxy) is 1. The Morgan fingerprint density at radius 3 is 2.81 bits per heavy atom. The summed E-state index contributed by atoms with van der Waals surface area (Å²) in [6.07, 6.45) is 3.77. The largest absolute Gasteiger partial charge is 0.497 e. The van der Waals surface area contributed by atoms with Gasteiger partial charge in [0, 0.05) is 23.1 Å². The lowest BCUT2D eigenvalue weighted by molar-refractivity contribution is 0.0916. The van der Waals surface area contributed by atoms with Crippen LogP contribution in [0.4, 0.5) is 0 Å². The Balaban J connectivity index is 1.51. The van der Waals surface area contributed by atoms with Crippen molar-refractivity contribution in [1.82, 2.24) is 10.7 Å². The van der Waals surface area contributed by atoms with E-state index in [-0.39, 0.29) is 24.1 Å². The van der Waals surface area contributed by atoms with E-state index in [1.54, 1.807) is 49.8 Å². The molecule has 2 N–H and O–H groups in total. The first-order chi connectivity index (χ1) is 15.1. The number of hydrogen-bond donors (Lipinski definition) is 2. The van der Waals surface area contributed by atoms with Crippen LogP contribution in [0.3, 0.4) is 0 Å². The zero-order chi connectivity index (χ0) is 21.8. The maximum absolute atomic E-state index is 12.6. The van der Waals surface area contributed by atoms with Crippen molar-refractivity contribution in [2.45, 2.75) is 32.7 Å². The number of hydrazone groups is 1. The molecule has 1 aliphatic rings. The van der Waals surface area contributed by atoms with Crippen molar-refractivity contribution < 1.29 is 23.2 Å². The number of nitrogens with one attached hydrogen (secondary N) is 2. The number of carbonyl (C=O) groups excluding carboxylic acids is 2. The second kappa shape index (κ2) is 8.91. The number of nitrogens with zero attached hydrogens (tertiary/aromatic N) is 1. The molecular weight excluding hydrogens is 398 g/mol. The average molecular weight is 421 g/mol. The van der Waals surface area contributed by atoms with Gasteiger partial charge in [-0.1, -0.05) is 6.07 Å². The number of aryl methyl sites for hydroxylation is 1. The molecule has 2 heterocycles. The van der Waals surface area contributed by atoms with E-state index in [2.05, 4.69) is 15.8 Å². The molecular formula is C23H23N3O5. The van der Waals surface area contributed by atoms with E-state index in [9.17, 15) is 9.59 Å². The number of rotatable bonds is 6. The van der Waals surface area contributed by atoms with Gasteiger partial charge in [0.2, 0.25) is 0 Å². The van der Waals surface area contributed by atoms with Gasteiger partial charge in [-0.2, -0.15) is 5.10 Å². The highest BCUT2D eigenvalue weighted by Gasteiger charge is 2.28. The Bertz CT molecular complexity index is 1130. The van der Waals surface area contributed by atoms with Crippen molar-refractivity contribution in [3.8, 4) is 5.75 Å². The Labute approximate surface area is 179 Å². The van der Waals surface area contributed by atoms with Crippen LogP contribution in [0.1, 0.15) is 56.4 Å². The first-order valence-corrected chi connectivity index (χ1v) is 10.0. The fourth-order valence-electron chi connectivity index (χ4n) is 3.60. The molecule has 1 aliphatic carbocycles. The van der Waals surface area contributed by atoms with Crippen LogP contribution in [0, 0.1) is 6.92 Å². The first kappa shape index (κ1) is 20.5. The Kier molecular flexibility index (Phi) is 5.88. The van der Waals surface area contributed by atoms with Gasteiger partial charge in [-0.15, -0.1) is 0 Å². The molecule has 0 spiro atoms. The highest BCUT2D eigenvalue weighted by molar-refractivity contribution is 6.07. The van der Waals surface area contributed by atoms with E-state index in [0.717, 1.165) is 12.0 Å². The van der Waals surface area contributed by atoms with Crippen molar-refractivity contribution in [2.75, 3.05) is 7.11 Å². The third-order valence-corrected chi connectivity index (χ3v) is 5.16. The fourth-order valence-corrected chi connectivity index (χ4v) is 3.60. The lowest BCUT2D eigenvalue weighted by atomic mass is 9.93. The second-order valence-corrected chi connectivity index (χ2v) is 7.20. The number of amides is 2. The summed E-state index contributed by atoms with van der Waals surface area (Å²) in [6.45, 7) is 2.10. The lowest BCUT2D eigenvalue weighted by Gasteiger charge is -2.13. The van der Waals surface area contributed by atoms with Crippen LogP contribution >= 0.6 is 0 Å². The number of furan rings is 2. The van der Waals surface area contributed by atoms with Gasteiger partial charge in [-0.25, -0.2) is 5.43 Å². The molecule has 160 valence electrons. The second-order valence-electron chi connectivity index (χ2n) is 7.20. The molecule has 1 aromatic carbocycles. The average Bonchev–Trinajstić information content (AvgIpc) is 3.44. The molecule has 0 unspecified atom stereocenters. The maximum atomic E-state index is 12.6. The van der Waals surface area contributed by atoms with Gasteiger partial charge in [0.15, 0.2) is 5.76 Å². The maximum Gasteiger partial charge on any atom is 0.287 e. The van der Waals surface area contributed by atoms with Crippen molar-refractivity contribution in [3.05, 3.63) is 76.6 Å². The SMILES string of the molecule is COc1cccc(C(=O)N/N=C2\CCCc3oc(C(=O)NCc4ccco4)c(C)c32)c1. The molecule has 31 heavy (non-hydrogen) atoms. The highest BCUT2D eigenvalue weighted by atomic mass is 16.5. The molecule has 0 aliphatic heterocycles. The number of methoxy groups -OCH3 is 1. The van der Waals surface area contributed by atoms with Gasteiger partial charge in [0.1, 0.15) is 17.3 Å². The van der Waals surface area contributed by atoms with Crippen molar-refractivity contribution >= 4 is 17.5 Å². The molecule has 0 saturated heterocycles. The Morgan fingerprint density at radius 2 is 2.03 bits per heavy atom. The zero-order valence-electron chi connectivity index (χ0n) is 17.4. The van der Waals surface area contributed by atoms with Gasteiger partial charge in [0.05, 0.1) is 25.6 Å². The molecule has 0 saturated carbocycles. The third kappa shape index (κ3) is 4.37. The van der Waals surface area contributed by atoms with Crippen molar-refractivity contribution in [3.63, 3.8) is 0 Å². The van der Waals surface area contributed by atoms with Crippen molar-refractivity contribution in [1.29, 1.82) is 0 Å². The molecule has 0 fully saturated rings. The molecule has 4 rings (SSSR count). The van der Waals surface area contributed by atoms with Crippen LogP contribution in [0.15, 0.2) is 56.6 Å². The molecule has 8 heteroatoms. The summed E-state index contributed by atoms with van der Waals surface area (Å²) in [6, 6.07) is 10.4. The quantitative estimate of drug-likeness (QED) is 0.592. The summed E-state index contributed by atoms with van der Waals surface area (Å²) in [5.41, 5.74) is 5.25. The lowest BCUT2D eigenvalue weighted by Crippen LogP contribution is -2.23. The van der Waals surface area contributed by atoms with E-state index in [1.807, 2.05) is 6.92 Å². The summed E-state index contributed by atoms with van der Waals surface area (Å²) in [7, 11) is 1.55. The Hall–Kier alpha value is -3.81. The zero-order valence-corrected chi connectivity index (χ0v) is 17.4. The smallest absolute Gasteiger partial charge is 0.287 e. The van der Waals surface area contributed by atoms with Crippen LogP contribution in [0.5, 0.6) is 5.75 Å². The van der Waals surface area contributed by atoms with Gasteiger partial charge >= 0.3 is 0 Å². The number of hydrogen-bond acceptors (Lipinski definition) is 6. The minimum absolute atomic E-state index is 0.255. The van der Waals surface area contributed by atoms with Gasteiger partial charge in [0.25, 0.3) is 11.8 Å². The summed E-state index contributed by atoms with van der Waals surface area (Å²) >= 11 is 0. The summed E-state index contributed by atoms with van der Waals surface area (Å²) < 4.78 is 16.3. The minimum Gasteiger partial charge on any atom is -0.497 e. The van der Waals surface area contributed by atoms with Gasteiger partial charge < -0.3 is 18.9 Å². The van der Waals surface area contributed by atoms with E-state index >= 15 is 0 Å². The van der Waals surface area contributed by atoms with Crippen LogP contribution in [-0.2, 0) is 13.0 Å². The van der Waals surface area contributed by atoms with Crippen LogP contribution in [0.2, 0.25) is 0 Å². The van der Waals surface area contributed by atoms with Crippen molar-refractivity contribution in [2.24, 2.45) is 5.10 Å². The standard InChI is InChI=1S/C23H23N3O5/c1-14-20-18(25-26-22(27)15-6-3-7-16(12-15)29-2)9-4-10-19(20)31-21(14)23(28)24-13-17-8-5-11-30-17/h3,5-8,11-12H,4,9-10,13H2,1-2H3,(H,24,28)(H,26,27)/b25-18+. The Morgan fingerprint density at radius 1 is 1.16 bits per heavy atom. The number of carbonyl (C=O) groups is 2. The summed E-state index contributed by atoms with van der Waals surface area (Å²) in [5, 5.41) is 7.15. The van der Waals surface area contributed by atoms with E-state index in [1.165, 1.54) is 0 Å². The van der Waals surface area contributed by atoms with E-state index in [4.69, 9.17) is 13.6 Å². The molecule has 3 aromatic rings. The summed E-state index contributed by atoms with van der Waals surface area (Å²) in [4.78, 5) is 25.1. The first-order valence-electron chi connectivity index (χ1n) is 10.0. The highest BCUT2D eigenvalue weighted by Crippen LogP contribution is 2.30. The molecule has 0 bridgehead atoms. The normalized spacial score (nSPS) is 14.2. The van der Waals surface area contributed by atoms with E-state index in [0.29, 0.717) is 47.0 Å². The van der Waals surface area contributed by atoms with Crippen LogP contribution in [-0.4, -0.2) is 24.6 Å². The van der Waals surface area contributed by atoms with E-state index < -0.39 is 0 Å². The van der Waals surface area contributed by atoms with Crippen LogP contribution < -0.4 is 15.5 Å². The van der Waals surface area contributed by atoms with Gasteiger partial charge in [-0.05, 0) is 50.1 Å². The predicted molar refractivity (Wildman–Crippen MR) is 113 cm³/mol. The molecule has 2 amide bonds. The molecule has 2 aromatic heterocycles. The number of fused-ring (bicyclic) bond motifs is 1. The minimum atomic E-state index is -0.337. The van der Waals surface area contributed by atoms with Crippen LogP contribution in [0.25, 0.3) is 0 Å². The van der Waals surface area contributed by atoms with Gasteiger partial charge in [-0.3, -0.25) is 9.59 Å². The topological polar surface area (TPSA) is 106 Å². The predicted octanol–water partition coefficient (Wildman–Crippen LogP) is 3.59.